The fourth-order valence-electron chi connectivity index (χ4n) is 2.18. The van der Waals surface area contributed by atoms with Gasteiger partial charge in [-0.25, -0.2) is 0 Å². The lowest BCUT2D eigenvalue weighted by Gasteiger charge is -2.25. The number of hydrogen-bond donors (Lipinski definition) is 1. The van der Waals surface area contributed by atoms with Gasteiger partial charge in [0.2, 0.25) is 0 Å². The molecule has 1 saturated carbocycles. The van der Waals surface area contributed by atoms with Gasteiger partial charge >= 0.3 is 0 Å². The quantitative estimate of drug-likeness (QED) is 0.920. The van der Waals surface area contributed by atoms with Gasteiger partial charge in [0.1, 0.15) is 5.75 Å². The molecule has 1 aliphatic heterocycles. The van der Waals surface area contributed by atoms with Crippen LogP contribution in [0.2, 0.25) is 0 Å². The van der Waals surface area contributed by atoms with E-state index in [9.17, 15) is 0 Å². The standard InChI is InChI=1S/C13H16BrNO/c14-11-1-4-13-10(6-11)5-9(8-16-13)7-15-12-2-3-12/h1,4,6,9,12,15H,2-3,5,7-8H2. The Morgan fingerprint density at radius 2 is 2.25 bits per heavy atom. The van der Waals surface area contributed by atoms with Crippen molar-refractivity contribution in [1.82, 2.24) is 5.32 Å². The third-order valence-corrected chi connectivity index (χ3v) is 3.77. The minimum atomic E-state index is 0.627. The van der Waals surface area contributed by atoms with Crippen LogP contribution in [0.15, 0.2) is 22.7 Å². The van der Waals surface area contributed by atoms with Gasteiger partial charge in [0.25, 0.3) is 0 Å². The molecular weight excluding hydrogens is 266 g/mol. The maximum atomic E-state index is 5.78. The van der Waals surface area contributed by atoms with Gasteiger partial charge in [-0.3, -0.25) is 0 Å². The Morgan fingerprint density at radius 1 is 1.38 bits per heavy atom. The summed E-state index contributed by atoms with van der Waals surface area (Å²) in [5, 5.41) is 3.58. The number of fused-ring (bicyclic) bond motifs is 1. The van der Waals surface area contributed by atoms with E-state index in [0.29, 0.717) is 5.92 Å². The van der Waals surface area contributed by atoms with E-state index in [1.165, 1.54) is 18.4 Å². The molecule has 0 aromatic heterocycles. The zero-order valence-electron chi connectivity index (χ0n) is 9.21. The lowest BCUT2D eigenvalue weighted by Crippen LogP contribution is -2.32. The van der Waals surface area contributed by atoms with Crippen LogP contribution in [0, 0.1) is 5.92 Å². The Hall–Kier alpha value is -0.540. The highest BCUT2D eigenvalue weighted by Gasteiger charge is 2.24. The van der Waals surface area contributed by atoms with E-state index in [-0.39, 0.29) is 0 Å². The van der Waals surface area contributed by atoms with E-state index in [1.54, 1.807) is 0 Å². The van der Waals surface area contributed by atoms with Crippen LogP contribution in [-0.2, 0) is 6.42 Å². The monoisotopic (exact) mass is 281 g/mol. The van der Waals surface area contributed by atoms with Crippen molar-refractivity contribution in [2.24, 2.45) is 5.92 Å². The Kier molecular flexibility index (Phi) is 2.90. The van der Waals surface area contributed by atoms with E-state index in [2.05, 4.69) is 33.4 Å². The van der Waals surface area contributed by atoms with E-state index in [1.807, 2.05) is 6.07 Å². The molecule has 1 fully saturated rings. The zero-order chi connectivity index (χ0) is 11.0. The molecule has 1 atom stereocenters. The molecule has 0 radical (unpaired) electrons. The highest BCUT2D eigenvalue weighted by molar-refractivity contribution is 9.10. The second-order valence-electron chi connectivity index (χ2n) is 4.82. The van der Waals surface area contributed by atoms with Gasteiger partial charge in [0.15, 0.2) is 0 Å². The normalized spacial score (nSPS) is 23.7. The fraction of sp³-hybridized carbons (Fsp3) is 0.538. The third-order valence-electron chi connectivity index (χ3n) is 3.28. The lowest BCUT2D eigenvalue weighted by molar-refractivity contribution is 0.218. The summed E-state index contributed by atoms with van der Waals surface area (Å²) in [5.41, 5.74) is 1.34. The van der Waals surface area contributed by atoms with Crippen molar-refractivity contribution in [3.8, 4) is 5.75 Å². The topological polar surface area (TPSA) is 21.3 Å². The van der Waals surface area contributed by atoms with Crippen molar-refractivity contribution in [1.29, 1.82) is 0 Å². The molecule has 3 heteroatoms. The Balaban J connectivity index is 1.64. The van der Waals surface area contributed by atoms with Crippen LogP contribution in [0.3, 0.4) is 0 Å². The molecule has 1 aliphatic carbocycles. The van der Waals surface area contributed by atoms with Crippen LogP contribution in [0.25, 0.3) is 0 Å². The smallest absolute Gasteiger partial charge is 0.122 e. The first kappa shape index (κ1) is 10.6. The average molecular weight is 282 g/mol. The fourth-order valence-corrected chi connectivity index (χ4v) is 2.59. The third kappa shape index (κ3) is 2.41. The summed E-state index contributed by atoms with van der Waals surface area (Å²) in [7, 11) is 0. The molecule has 1 N–H and O–H groups in total. The maximum absolute atomic E-state index is 5.78. The van der Waals surface area contributed by atoms with Crippen molar-refractivity contribution in [2.45, 2.75) is 25.3 Å². The number of nitrogens with one attached hydrogen (secondary N) is 1. The summed E-state index contributed by atoms with van der Waals surface area (Å²) in [5.74, 6) is 1.69. The number of hydrogen-bond acceptors (Lipinski definition) is 2. The van der Waals surface area contributed by atoms with Crippen molar-refractivity contribution in [3.05, 3.63) is 28.2 Å². The van der Waals surface area contributed by atoms with Gasteiger partial charge in [-0.1, -0.05) is 15.9 Å². The molecular formula is C13H16BrNO. The minimum Gasteiger partial charge on any atom is -0.493 e. The van der Waals surface area contributed by atoms with Crippen LogP contribution >= 0.6 is 15.9 Å². The van der Waals surface area contributed by atoms with E-state index in [0.717, 1.165) is 35.8 Å². The molecule has 0 bridgehead atoms. The van der Waals surface area contributed by atoms with Gasteiger partial charge in [-0.15, -0.1) is 0 Å². The molecule has 1 heterocycles. The van der Waals surface area contributed by atoms with E-state index < -0.39 is 0 Å². The summed E-state index contributed by atoms with van der Waals surface area (Å²) in [6.07, 6.45) is 3.85. The second-order valence-corrected chi connectivity index (χ2v) is 5.73. The second kappa shape index (κ2) is 4.38. The summed E-state index contributed by atoms with van der Waals surface area (Å²) >= 11 is 3.51. The van der Waals surface area contributed by atoms with Crippen LogP contribution in [0.4, 0.5) is 0 Å². The Labute approximate surface area is 105 Å². The molecule has 1 aromatic carbocycles. The molecule has 1 aromatic rings. The summed E-state index contributed by atoms with van der Waals surface area (Å²) < 4.78 is 6.93. The molecule has 16 heavy (non-hydrogen) atoms. The minimum absolute atomic E-state index is 0.627. The lowest BCUT2D eigenvalue weighted by atomic mass is 9.97. The Morgan fingerprint density at radius 3 is 3.06 bits per heavy atom. The maximum Gasteiger partial charge on any atom is 0.122 e. The van der Waals surface area contributed by atoms with Crippen LogP contribution < -0.4 is 10.1 Å². The first-order chi connectivity index (χ1) is 7.81. The van der Waals surface area contributed by atoms with Gasteiger partial charge in [0, 0.05) is 23.0 Å². The molecule has 0 amide bonds. The molecule has 86 valence electrons. The summed E-state index contributed by atoms with van der Waals surface area (Å²) in [4.78, 5) is 0. The summed E-state index contributed by atoms with van der Waals surface area (Å²) in [6, 6.07) is 7.08. The van der Waals surface area contributed by atoms with Crippen molar-refractivity contribution >= 4 is 15.9 Å². The van der Waals surface area contributed by atoms with Gasteiger partial charge in [-0.05, 0) is 43.0 Å². The van der Waals surface area contributed by atoms with Crippen LogP contribution in [0.1, 0.15) is 18.4 Å². The van der Waals surface area contributed by atoms with Crippen molar-refractivity contribution < 1.29 is 4.74 Å². The zero-order valence-corrected chi connectivity index (χ0v) is 10.8. The van der Waals surface area contributed by atoms with Gasteiger partial charge < -0.3 is 10.1 Å². The number of ether oxygens (including phenoxy) is 1. The molecule has 2 nitrogen and oxygen atoms in total. The first-order valence-corrected chi connectivity index (χ1v) is 6.75. The van der Waals surface area contributed by atoms with Crippen molar-refractivity contribution in [2.75, 3.05) is 13.2 Å². The predicted molar refractivity (Wildman–Crippen MR) is 67.9 cm³/mol. The highest BCUT2D eigenvalue weighted by Crippen LogP contribution is 2.30. The van der Waals surface area contributed by atoms with Gasteiger partial charge in [-0.2, -0.15) is 0 Å². The molecule has 3 rings (SSSR count). The highest BCUT2D eigenvalue weighted by atomic mass is 79.9. The number of halogens is 1. The van der Waals surface area contributed by atoms with Crippen LogP contribution in [-0.4, -0.2) is 19.2 Å². The predicted octanol–water partition coefficient (Wildman–Crippen LogP) is 2.75. The number of benzene rings is 1. The molecule has 1 unspecified atom stereocenters. The van der Waals surface area contributed by atoms with Gasteiger partial charge in [0.05, 0.1) is 6.61 Å². The Bertz CT molecular complexity index is 390. The molecule has 0 spiro atoms. The van der Waals surface area contributed by atoms with E-state index in [4.69, 9.17) is 4.74 Å². The largest absolute Gasteiger partial charge is 0.493 e. The van der Waals surface area contributed by atoms with E-state index >= 15 is 0 Å². The first-order valence-electron chi connectivity index (χ1n) is 5.96. The number of rotatable bonds is 3. The average Bonchev–Trinajstić information content (AvgIpc) is 3.09. The van der Waals surface area contributed by atoms with Crippen molar-refractivity contribution in [3.63, 3.8) is 0 Å². The summed E-state index contributed by atoms with van der Waals surface area (Å²) in [6.45, 7) is 1.95. The van der Waals surface area contributed by atoms with Crippen LogP contribution in [0.5, 0.6) is 5.75 Å². The SMILES string of the molecule is Brc1ccc2c(c1)CC(CNC1CC1)CO2. The molecule has 0 saturated heterocycles. The molecule has 2 aliphatic rings.